The summed E-state index contributed by atoms with van der Waals surface area (Å²) in [4.78, 5) is 22.5. The molecule has 2 rings (SSSR count). The lowest BCUT2D eigenvalue weighted by molar-refractivity contribution is -0.139. The molecule has 0 aliphatic carbocycles. The number of benzene rings is 2. The molecular weight excluding hydrogens is 326 g/mol. The predicted octanol–water partition coefficient (Wildman–Crippen LogP) is 2.48. The standard InChI is InChI=1S/C18H19NO6/c1-12-9-15(25-11-18(21)22)7-8-16(12)19-17(20)10-24-14-5-3-13(23-2)4-6-14/h3-9H,10-11H2,1-2H3,(H,19,20)(H,21,22). The maximum Gasteiger partial charge on any atom is 0.341 e. The monoisotopic (exact) mass is 345 g/mol. The Morgan fingerprint density at radius 3 is 2.16 bits per heavy atom. The number of hydrogen-bond donors (Lipinski definition) is 2. The maximum atomic E-state index is 12.0. The molecule has 0 bridgehead atoms. The first-order valence-corrected chi connectivity index (χ1v) is 7.50. The van der Waals surface area contributed by atoms with Gasteiger partial charge in [-0.25, -0.2) is 4.79 Å². The van der Waals surface area contributed by atoms with Gasteiger partial charge in [0.2, 0.25) is 0 Å². The van der Waals surface area contributed by atoms with E-state index in [9.17, 15) is 9.59 Å². The summed E-state index contributed by atoms with van der Waals surface area (Å²) in [5.74, 6) is 0.332. The Kier molecular flexibility index (Phi) is 6.22. The van der Waals surface area contributed by atoms with Crippen molar-refractivity contribution in [2.24, 2.45) is 0 Å². The van der Waals surface area contributed by atoms with Crippen molar-refractivity contribution >= 4 is 17.6 Å². The molecule has 0 unspecified atom stereocenters. The van der Waals surface area contributed by atoms with Crippen molar-refractivity contribution in [2.75, 3.05) is 25.6 Å². The molecule has 0 atom stereocenters. The minimum atomic E-state index is -1.05. The van der Waals surface area contributed by atoms with Gasteiger partial charge >= 0.3 is 5.97 Å². The van der Waals surface area contributed by atoms with Gasteiger partial charge < -0.3 is 24.6 Å². The molecule has 1 amide bonds. The second-order valence-corrected chi connectivity index (χ2v) is 5.17. The van der Waals surface area contributed by atoms with Crippen LogP contribution >= 0.6 is 0 Å². The highest BCUT2D eigenvalue weighted by atomic mass is 16.5. The van der Waals surface area contributed by atoms with E-state index in [0.29, 0.717) is 22.9 Å². The summed E-state index contributed by atoms with van der Waals surface area (Å²) in [7, 11) is 1.57. The van der Waals surface area contributed by atoms with Crippen LogP contribution in [0.25, 0.3) is 0 Å². The van der Waals surface area contributed by atoms with Crippen molar-refractivity contribution in [1.29, 1.82) is 0 Å². The van der Waals surface area contributed by atoms with Gasteiger partial charge in [0.25, 0.3) is 5.91 Å². The van der Waals surface area contributed by atoms with E-state index in [1.54, 1.807) is 56.5 Å². The van der Waals surface area contributed by atoms with Crippen molar-refractivity contribution in [2.45, 2.75) is 6.92 Å². The third-order valence-electron chi connectivity index (χ3n) is 3.26. The Hall–Kier alpha value is -3.22. The molecule has 2 aromatic rings. The third-order valence-corrected chi connectivity index (χ3v) is 3.26. The number of carboxylic acids is 1. The summed E-state index contributed by atoms with van der Waals surface area (Å²) in [6, 6.07) is 11.8. The first-order valence-electron chi connectivity index (χ1n) is 7.50. The molecule has 25 heavy (non-hydrogen) atoms. The molecule has 0 fully saturated rings. The van der Waals surface area contributed by atoms with E-state index < -0.39 is 12.6 Å². The number of amides is 1. The number of aryl methyl sites for hydroxylation is 1. The van der Waals surface area contributed by atoms with Crippen LogP contribution < -0.4 is 19.5 Å². The lowest BCUT2D eigenvalue weighted by atomic mass is 10.2. The number of hydrogen-bond acceptors (Lipinski definition) is 5. The second-order valence-electron chi connectivity index (χ2n) is 5.17. The molecule has 7 nitrogen and oxygen atoms in total. The fourth-order valence-electron chi connectivity index (χ4n) is 2.02. The molecule has 0 heterocycles. The summed E-state index contributed by atoms with van der Waals surface area (Å²) in [5, 5.41) is 11.3. The average Bonchev–Trinajstić information content (AvgIpc) is 2.60. The van der Waals surface area contributed by atoms with Crippen LogP contribution in [0.4, 0.5) is 5.69 Å². The molecule has 2 N–H and O–H groups in total. The summed E-state index contributed by atoms with van der Waals surface area (Å²) < 4.78 is 15.5. The number of carbonyl (C=O) groups excluding carboxylic acids is 1. The number of aliphatic carboxylic acids is 1. The van der Waals surface area contributed by atoms with Gasteiger partial charge in [-0.15, -0.1) is 0 Å². The van der Waals surface area contributed by atoms with Gasteiger partial charge in [-0.3, -0.25) is 4.79 Å². The first-order chi connectivity index (χ1) is 12.0. The molecule has 0 aliphatic heterocycles. The minimum Gasteiger partial charge on any atom is -0.497 e. The highest BCUT2D eigenvalue weighted by molar-refractivity contribution is 5.92. The molecular formula is C18H19NO6. The van der Waals surface area contributed by atoms with Gasteiger partial charge in [-0.05, 0) is 55.0 Å². The van der Waals surface area contributed by atoms with Crippen LogP contribution in [0, 0.1) is 6.92 Å². The molecule has 132 valence electrons. The van der Waals surface area contributed by atoms with E-state index in [-0.39, 0.29) is 12.5 Å². The van der Waals surface area contributed by atoms with Gasteiger partial charge in [-0.2, -0.15) is 0 Å². The van der Waals surface area contributed by atoms with E-state index in [1.807, 2.05) is 0 Å². The number of nitrogens with one attached hydrogen (secondary N) is 1. The Balaban J connectivity index is 1.87. The average molecular weight is 345 g/mol. The first kappa shape index (κ1) is 18.1. The molecule has 0 saturated heterocycles. The summed E-state index contributed by atoms with van der Waals surface area (Å²) >= 11 is 0. The Morgan fingerprint density at radius 2 is 1.56 bits per heavy atom. The van der Waals surface area contributed by atoms with Gasteiger partial charge in [-0.1, -0.05) is 0 Å². The fraction of sp³-hybridized carbons (Fsp3) is 0.222. The van der Waals surface area contributed by atoms with Crippen molar-refractivity contribution in [3.8, 4) is 17.2 Å². The smallest absolute Gasteiger partial charge is 0.341 e. The molecule has 0 radical (unpaired) electrons. The Labute approximate surface area is 145 Å². The summed E-state index contributed by atoms with van der Waals surface area (Å²) in [6.45, 7) is 1.23. The van der Waals surface area contributed by atoms with E-state index in [0.717, 1.165) is 5.56 Å². The van der Waals surface area contributed by atoms with Crippen LogP contribution in [0.2, 0.25) is 0 Å². The number of carboxylic acid groups (broad SMARTS) is 1. The van der Waals surface area contributed by atoms with Crippen molar-refractivity contribution in [3.05, 3.63) is 48.0 Å². The number of anilines is 1. The molecule has 2 aromatic carbocycles. The second kappa shape index (κ2) is 8.58. The topological polar surface area (TPSA) is 94.1 Å². The van der Waals surface area contributed by atoms with Crippen LogP contribution in [0.15, 0.2) is 42.5 Å². The lowest BCUT2D eigenvalue weighted by Gasteiger charge is -2.11. The van der Waals surface area contributed by atoms with Crippen LogP contribution in [0.3, 0.4) is 0 Å². The summed E-state index contributed by atoms with van der Waals surface area (Å²) in [6.07, 6.45) is 0. The van der Waals surface area contributed by atoms with E-state index in [1.165, 1.54) is 0 Å². The van der Waals surface area contributed by atoms with Crippen molar-refractivity contribution < 1.29 is 28.9 Å². The van der Waals surface area contributed by atoms with E-state index in [4.69, 9.17) is 19.3 Å². The Morgan fingerprint density at radius 1 is 0.960 bits per heavy atom. The number of carbonyl (C=O) groups is 2. The number of methoxy groups -OCH3 is 1. The quantitative estimate of drug-likeness (QED) is 0.763. The normalized spacial score (nSPS) is 10.0. The van der Waals surface area contributed by atoms with Crippen LogP contribution in [0.1, 0.15) is 5.56 Å². The third kappa shape index (κ3) is 5.72. The predicted molar refractivity (Wildman–Crippen MR) is 91.4 cm³/mol. The zero-order chi connectivity index (χ0) is 18.2. The molecule has 0 spiro atoms. The van der Waals surface area contributed by atoms with Gasteiger partial charge in [0.05, 0.1) is 7.11 Å². The zero-order valence-corrected chi connectivity index (χ0v) is 13.9. The molecule has 0 saturated carbocycles. The minimum absolute atomic E-state index is 0.136. The SMILES string of the molecule is COc1ccc(OCC(=O)Nc2ccc(OCC(=O)O)cc2C)cc1. The highest BCUT2D eigenvalue weighted by Gasteiger charge is 2.08. The van der Waals surface area contributed by atoms with E-state index >= 15 is 0 Å². The largest absolute Gasteiger partial charge is 0.497 e. The molecule has 0 aromatic heterocycles. The van der Waals surface area contributed by atoms with Gasteiger partial charge in [0.15, 0.2) is 13.2 Å². The maximum absolute atomic E-state index is 12.0. The van der Waals surface area contributed by atoms with Crippen molar-refractivity contribution in [1.82, 2.24) is 0 Å². The van der Waals surface area contributed by atoms with Crippen LogP contribution in [-0.2, 0) is 9.59 Å². The highest BCUT2D eigenvalue weighted by Crippen LogP contribution is 2.21. The zero-order valence-electron chi connectivity index (χ0n) is 13.9. The fourth-order valence-corrected chi connectivity index (χ4v) is 2.02. The van der Waals surface area contributed by atoms with Crippen LogP contribution in [-0.4, -0.2) is 37.3 Å². The summed E-state index contributed by atoms with van der Waals surface area (Å²) in [5.41, 5.74) is 1.35. The van der Waals surface area contributed by atoms with E-state index in [2.05, 4.69) is 5.32 Å². The van der Waals surface area contributed by atoms with Gasteiger partial charge in [0, 0.05) is 5.69 Å². The van der Waals surface area contributed by atoms with Crippen molar-refractivity contribution in [3.63, 3.8) is 0 Å². The van der Waals surface area contributed by atoms with Gasteiger partial charge in [0.1, 0.15) is 17.2 Å². The van der Waals surface area contributed by atoms with Crippen LogP contribution in [0.5, 0.6) is 17.2 Å². The number of rotatable bonds is 8. The molecule has 0 aliphatic rings. The number of ether oxygens (including phenoxy) is 3. The molecule has 7 heteroatoms. The lowest BCUT2D eigenvalue weighted by Crippen LogP contribution is -2.20. The Bertz CT molecular complexity index is 742.